The monoisotopic (exact) mass is 365 g/mol. The Labute approximate surface area is 158 Å². The molecule has 0 N–H and O–H groups in total. The minimum atomic E-state index is -0.188. The van der Waals surface area contributed by atoms with E-state index in [1.54, 1.807) is 4.90 Å². The fraction of sp³-hybridized carbons (Fsp3) is 0.333. The van der Waals surface area contributed by atoms with E-state index >= 15 is 0 Å². The van der Waals surface area contributed by atoms with E-state index in [-0.39, 0.29) is 31.0 Å². The lowest BCUT2D eigenvalue weighted by Crippen LogP contribution is -2.53. The number of amides is 2. The summed E-state index contributed by atoms with van der Waals surface area (Å²) in [6, 6.07) is 17.4. The lowest BCUT2D eigenvalue weighted by molar-refractivity contribution is -0.136. The zero-order valence-electron chi connectivity index (χ0n) is 15.4. The normalized spacial score (nSPS) is 20.2. The van der Waals surface area contributed by atoms with Crippen molar-refractivity contribution >= 4 is 17.5 Å². The molecule has 2 amide bonds. The average Bonchev–Trinajstić information content (AvgIpc) is 2.70. The van der Waals surface area contributed by atoms with Crippen LogP contribution in [0.5, 0.6) is 5.75 Å². The Bertz CT molecular complexity index is 840. The predicted octanol–water partition coefficient (Wildman–Crippen LogP) is 1.93. The summed E-state index contributed by atoms with van der Waals surface area (Å²) < 4.78 is 5.47. The van der Waals surface area contributed by atoms with Crippen LogP contribution < -0.4 is 9.64 Å². The number of benzene rings is 2. The van der Waals surface area contributed by atoms with E-state index in [0.29, 0.717) is 18.0 Å². The fourth-order valence-electron chi connectivity index (χ4n) is 3.73. The SMILES string of the molecule is CN1CCN(C(=O)CN2C(=O)COc3ccccc32)C(c2ccccc2)C1. The molecule has 1 atom stereocenters. The maximum Gasteiger partial charge on any atom is 0.265 e. The fourth-order valence-corrected chi connectivity index (χ4v) is 3.73. The maximum absolute atomic E-state index is 13.2. The first kappa shape index (κ1) is 17.5. The molecule has 2 heterocycles. The number of fused-ring (bicyclic) bond motifs is 1. The lowest BCUT2D eigenvalue weighted by atomic mass is 10.0. The summed E-state index contributed by atoms with van der Waals surface area (Å²) >= 11 is 0. The summed E-state index contributed by atoms with van der Waals surface area (Å²) in [7, 11) is 2.07. The van der Waals surface area contributed by atoms with E-state index in [1.165, 1.54) is 0 Å². The molecule has 0 saturated carbocycles. The number of carbonyl (C=O) groups is 2. The first-order chi connectivity index (χ1) is 13.1. The molecule has 0 radical (unpaired) electrons. The number of nitrogens with zero attached hydrogens (tertiary/aromatic N) is 3. The average molecular weight is 365 g/mol. The van der Waals surface area contributed by atoms with E-state index in [4.69, 9.17) is 4.74 Å². The molecule has 0 bridgehead atoms. The Hall–Kier alpha value is -2.86. The van der Waals surface area contributed by atoms with Gasteiger partial charge in [0.1, 0.15) is 12.3 Å². The van der Waals surface area contributed by atoms with Crippen molar-refractivity contribution in [3.05, 3.63) is 60.2 Å². The van der Waals surface area contributed by atoms with Gasteiger partial charge in [-0.2, -0.15) is 0 Å². The lowest BCUT2D eigenvalue weighted by Gasteiger charge is -2.41. The Balaban J connectivity index is 1.57. The van der Waals surface area contributed by atoms with Crippen LogP contribution in [0.4, 0.5) is 5.69 Å². The molecule has 2 aliphatic heterocycles. The number of likely N-dealkylation sites (N-methyl/N-ethyl adjacent to an activating group) is 1. The zero-order valence-corrected chi connectivity index (χ0v) is 15.4. The van der Waals surface area contributed by atoms with Gasteiger partial charge in [-0.15, -0.1) is 0 Å². The minimum Gasteiger partial charge on any atom is -0.482 e. The molecule has 0 spiro atoms. The molecular weight excluding hydrogens is 342 g/mol. The van der Waals surface area contributed by atoms with Crippen molar-refractivity contribution in [2.45, 2.75) is 6.04 Å². The van der Waals surface area contributed by atoms with Crippen molar-refractivity contribution in [2.24, 2.45) is 0 Å². The second-order valence-electron chi connectivity index (χ2n) is 7.01. The highest BCUT2D eigenvalue weighted by Gasteiger charge is 2.33. The summed E-state index contributed by atoms with van der Waals surface area (Å²) in [6.45, 7) is 2.25. The summed E-state index contributed by atoms with van der Waals surface area (Å²) in [5.41, 5.74) is 1.78. The Morgan fingerprint density at radius 3 is 2.63 bits per heavy atom. The van der Waals surface area contributed by atoms with Crippen LogP contribution in [0.3, 0.4) is 0 Å². The van der Waals surface area contributed by atoms with Crippen LogP contribution in [-0.2, 0) is 9.59 Å². The smallest absolute Gasteiger partial charge is 0.265 e. The van der Waals surface area contributed by atoms with Gasteiger partial charge in [-0.3, -0.25) is 14.5 Å². The van der Waals surface area contributed by atoms with Gasteiger partial charge in [0.15, 0.2) is 6.61 Å². The van der Waals surface area contributed by atoms with Gasteiger partial charge in [0.25, 0.3) is 5.91 Å². The minimum absolute atomic E-state index is 0.0103. The summed E-state index contributed by atoms with van der Waals surface area (Å²) in [5, 5.41) is 0. The van der Waals surface area contributed by atoms with Crippen LogP contribution in [0.2, 0.25) is 0 Å². The molecule has 0 aliphatic carbocycles. The Morgan fingerprint density at radius 1 is 1.07 bits per heavy atom. The largest absolute Gasteiger partial charge is 0.482 e. The van der Waals surface area contributed by atoms with Gasteiger partial charge >= 0.3 is 0 Å². The third kappa shape index (κ3) is 3.53. The Morgan fingerprint density at radius 2 is 1.81 bits per heavy atom. The van der Waals surface area contributed by atoms with Gasteiger partial charge < -0.3 is 14.5 Å². The van der Waals surface area contributed by atoms with Crippen LogP contribution in [0, 0.1) is 0 Å². The van der Waals surface area contributed by atoms with Crippen LogP contribution in [0.25, 0.3) is 0 Å². The summed E-state index contributed by atoms with van der Waals surface area (Å²) in [4.78, 5) is 31.3. The van der Waals surface area contributed by atoms with Gasteiger partial charge in [0, 0.05) is 19.6 Å². The molecule has 140 valence electrons. The third-order valence-electron chi connectivity index (χ3n) is 5.19. The van der Waals surface area contributed by atoms with E-state index in [2.05, 4.69) is 24.1 Å². The molecule has 2 aromatic carbocycles. The zero-order chi connectivity index (χ0) is 18.8. The quantitative estimate of drug-likeness (QED) is 0.834. The van der Waals surface area contributed by atoms with Crippen molar-refractivity contribution in [3.63, 3.8) is 0 Å². The highest BCUT2D eigenvalue weighted by Crippen LogP contribution is 2.32. The molecular formula is C21H23N3O3. The predicted molar refractivity (Wildman–Crippen MR) is 103 cm³/mol. The molecule has 4 rings (SSSR count). The number of carbonyl (C=O) groups excluding carboxylic acids is 2. The molecule has 1 fully saturated rings. The van der Waals surface area contributed by atoms with E-state index < -0.39 is 0 Å². The van der Waals surface area contributed by atoms with Crippen molar-refractivity contribution in [2.75, 3.05) is 44.7 Å². The topological polar surface area (TPSA) is 53.1 Å². The summed E-state index contributed by atoms with van der Waals surface area (Å²) in [6.07, 6.45) is 0. The van der Waals surface area contributed by atoms with E-state index in [0.717, 1.165) is 18.7 Å². The van der Waals surface area contributed by atoms with Gasteiger partial charge in [0.05, 0.1) is 11.7 Å². The van der Waals surface area contributed by atoms with Gasteiger partial charge in [-0.25, -0.2) is 0 Å². The standard InChI is InChI=1S/C21H23N3O3/c1-22-11-12-23(18(13-22)16-7-3-2-4-8-16)20(25)14-24-17-9-5-6-10-19(17)27-15-21(24)26/h2-10,18H,11-15H2,1H3. The highest BCUT2D eigenvalue weighted by molar-refractivity contribution is 6.02. The molecule has 6 heteroatoms. The number of hydrogen-bond donors (Lipinski definition) is 0. The molecule has 1 saturated heterocycles. The molecule has 2 aliphatic rings. The van der Waals surface area contributed by atoms with Gasteiger partial charge in [-0.05, 0) is 24.7 Å². The van der Waals surface area contributed by atoms with Crippen LogP contribution >= 0.6 is 0 Å². The molecule has 1 unspecified atom stereocenters. The third-order valence-corrected chi connectivity index (χ3v) is 5.19. The summed E-state index contributed by atoms with van der Waals surface area (Å²) in [5.74, 6) is 0.414. The van der Waals surface area contributed by atoms with Gasteiger partial charge in [0.2, 0.25) is 5.91 Å². The molecule has 2 aromatic rings. The highest BCUT2D eigenvalue weighted by atomic mass is 16.5. The first-order valence-corrected chi connectivity index (χ1v) is 9.18. The maximum atomic E-state index is 13.2. The van der Waals surface area contributed by atoms with Gasteiger partial charge in [-0.1, -0.05) is 42.5 Å². The van der Waals surface area contributed by atoms with Crippen LogP contribution in [0.1, 0.15) is 11.6 Å². The number of hydrogen-bond acceptors (Lipinski definition) is 4. The van der Waals surface area contributed by atoms with Crippen molar-refractivity contribution in [1.29, 1.82) is 0 Å². The molecule has 27 heavy (non-hydrogen) atoms. The van der Waals surface area contributed by atoms with Crippen molar-refractivity contribution in [3.8, 4) is 5.75 Å². The first-order valence-electron chi connectivity index (χ1n) is 9.18. The number of rotatable bonds is 3. The second kappa shape index (κ2) is 7.40. The number of para-hydroxylation sites is 2. The molecule has 0 aromatic heterocycles. The van der Waals surface area contributed by atoms with E-state index in [9.17, 15) is 9.59 Å². The van der Waals surface area contributed by atoms with E-state index in [1.807, 2.05) is 47.4 Å². The number of ether oxygens (including phenoxy) is 1. The van der Waals surface area contributed by atoms with Crippen molar-refractivity contribution in [1.82, 2.24) is 9.80 Å². The second-order valence-corrected chi connectivity index (χ2v) is 7.01. The molecule has 6 nitrogen and oxygen atoms in total. The van der Waals surface area contributed by atoms with Crippen LogP contribution in [-0.4, -0.2) is 61.4 Å². The van der Waals surface area contributed by atoms with Crippen molar-refractivity contribution < 1.29 is 14.3 Å². The van der Waals surface area contributed by atoms with Crippen LogP contribution in [0.15, 0.2) is 54.6 Å². The Kier molecular flexibility index (Phi) is 4.81. The number of piperazine rings is 1. The number of anilines is 1.